The molecule has 1 heterocycles. The Balaban J connectivity index is 1.32. The van der Waals surface area contributed by atoms with E-state index in [9.17, 15) is 9.59 Å². The second-order valence-corrected chi connectivity index (χ2v) is 7.28. The van der Waals surface area contributed by atoms with Crippen LogP contribution in [0.25, 0.3) is 0 Å². The maximum absolute atomic E-state index is 12.5. The lowest BCUT2D eigenvalue weighted by Gasteiger charge is -2.10. The minimum absolute atomic E-state index is 0.104. The zero-order valence-electron chi connectivity index (χ0n) is 17.1. The standard InChI is InChI=1S/C24H23N3O4/c1-30-20-4-2-3-5-21(20)31-22-13-12-19(15-25-22)27-24(29)18-8-6-16(7-9-18)14-26-23(28)17-10-11-17/h2-9,12-13,15,17H,10-11,14H2,1H3,(H,26,28)(H,27,29). The molecule has 1 aromatic heterocycles. The number of nitrogens with zero attached hydrogens (tertiary/aromatic N) is 1. The highest BCUT2D eigenvalue weighted by Crippen LogP contribution is 2.30. The van der Waals surface area contributed by atoms with Crippen molar-refractivity contribution >= 4 is 17.5 Å². The number of carbonyl (C=O) groups excluding carboxylic acids is 2. The molecule has 2 aromatic carbocycles. The van der Waals surface area contributed by atoms with Gasteiger partial charge >= 0.3 is 0 Å². The van der Waals surface area contributed by atoms with Gasteiger partial charge in [0.05, 0.1) is 19.0 Å². The molecule has 0 bridgehead atoms. The molecule has 31 heavy (non-hydrogen) atoms. The van der Waals surface area contributed by atoms with Crippen molar-refractivity contribution in [1.82, 2.24) is 10.3 Å². The summed E-state index contributed by atoms with van der Waals surface area (Å²) in [6.45, 7) is 0.467. The Morgan fingerprint density at radius 2 is 1.74 bits per heavy atom. The van der Waals surface area contributed by atoms with E-state index in [2.05, 4.69) is 15.6 Å². The van der Waals surface area contributed by atoms with Gasteiger partial charge in [0, 0.05) is 24.1 Å². The van der Waals surface area contributed by atoms with Crippen molar-refractivity contribution in [2.45, 2.75) is 19.4 Å². The van der Waals surface area contributed by atoms with Gasteiger partial charge in [0.25, 0.3) is 5.91 Å². The molecule has 0 spiro atoms. The first-order valence-electron chi connectivity index (χ1n) is 10.1. The van der Waals surface area contributed by atoms with E-state index in [1.54, 1.807) is 43.5 Å². The van der Waals surface area contributed by atoms with Gasteiger partial charge in [-0.15, -0.1) is 0 Å². The molecular weight excluding hydrogens is 394 g/mol. The molecule has 0 aliphatic heterocycles. The molecule has 4 rings (SSSR count). The molecule has 7 heteroatoms. The highest BCUT2D eigenvalue weighted by Gasteiger charge is 2.29. The van der Waals surface area contributed by atoms with Gasteiger partial charge in [-0.3, -0.25) is 9.59 Å². The summed E-state index contributed by atoms with van der Waals surface area (Å²) < 4.78 is 11.0. The number of aromatic nitrogens is 1. The molecule has 0 saturated heterocycles. The number of ether oxygens (including phenoxy) is 2. The van der Waals surface area contributed by atoms with Crippen LogP contribution in [0.1, 0.15) is 28.8 Å². The van der Waals surface area contributed by atoms with E-state index in [0.717, 1.165) is 18.4 Å². The van der Waals surface area contributed by atoms with Crippen molar-refractivity contribution in [3.8, 4) is 17.4 Å². The van der Waals surface area contributed by atoms with Crippen LogP contribution in [0.15, 0.2) is 66.9 Å². The third-order valence-electron chi connectivity index (χ3n) is 4.91. The summed E-state index contributed by atoms with van der Waals surface area (Å²) in [5.74, 6) is 1.60. The quantitative estimate of drug-likeness (QED) is 0.574. The Morgan fingerprint density at radius 1 is 1.00 bits per heavy atom. The highest BCUT2D eigenvalue weighted by atomic mass is 16.5. The Bertz CT molecular complexity index is 1060. The van der Waals surface area contributed by atoms with Crippen LogP contribution in [-0.2, 0) is 11.3 Å². The Kier molecular flexibility index (Phi) is 6.12. The summed E-state index contributed by atoms with van der Waals surface area (Å²) in [6, 6.07) is 17.8. The number of rotatable bonds is 8. The fourth-order valence-corrected chi connectivity index (χ4v) is 2.99. The summed E-state index contributed by atoms with van der Waals surface area (Å²) in [5.41, 5.74) is 2.02. The van der Waals surface area contributed by atoms with Crippen LogP contribution in [0.2, 0.25) is 0 Å². The maximum Gasteiger partial charge on any atom is 0.255 e. The van der Waals surface area contributed by atoms with E-state index in [-0.39, 0.29) is 17.7 Å². The number of anilines is 1. The summed E-state index contributed by atoms with van der Waals surface area (Å²) in [6.07, 6.45) is 3.49. The van der Waals surface area contributed by atoms with Crippen LogP contribution in [0.5, 0.6) is 17.4 Å². The number of benzene rings is 2. The number of pyridine rings is 1. The van der Waals surface area contributed by atoms with E-state index in [0.29, 0.717) is 35.2 Å². The van der Waals surface area contributed by atoms with Crippen LogP contribution in [0, 0.1) is 5.92 Å². The van der Waals surface area contributed by atoms with Crippen LogP contribution in [0.4, 0.5) is 5.69 Å². The zero-order valence-corrected chi connectivity index (χ0v) is 17.1. The molecule has 1 saturated carbocycles. The number of nitrogens with one attached hydrogen (secondary N) is 2. The smallest absolute Gasteiger partial charge is 0.255 e. The molecular formula is C24H23N3O4. The van der Waals surface area contributed by atoms with Crippen molar-refractivity contribution in [3.63, 3.8) is 0 Å². The molecule has 3 aromatic rings. The highest BCUT2D eigenvalue weighted by molar-refractivity contribution is 6.04. The average Bonchev–Trinajstić information content (AvgIpc) is 3.65. The number of hydrogen-bond acceptors (Lipinski definition) is 5. The fourth-order valence-electron chi connectivity index (χ4n) is 2.99. The molecule has 1 fully saturated rings. The monoisotopic (exact) mass is 417 g/mol. The molecule has 2 amide bonds. The van der Waals surface area contributed by atoms with Crippen LogP contribution < -0.4 is 20.1 Å². The number of amides is 2. The largest absolute Gasteiger partial charge is 0.493 e. The van der Waals surface area contributed by atoms with E-state index < -0.39 is 0 Å². The lowest BCUT2D eigenvalue weighted by atomic mass is 10.1. The van der Waals surface area contributed by atoms with Gasteiger partial charge < -0.3 is 20.1 Å². The van der Waals surface area contributed by atoms with Gasteiger partial charge in [-0.25, -0.2) is 4.98 Å². The molecule has 0 radical (unpaired) electrons. The van der Waals surface area contributed by atoms with E-state index >= 15 is 0 Å². The average molecular weight is 417 g/mol. The van der Waals surface area contributed by atoms with E-state index in [1.807, 2.05) is 24.3 Å². The summed E-state index contributed by atoms with van der Waals surface area (Å²) in [4.78, 5) is 28.4. The Morgan fingerprint density at radius 3 is 2.39 bits per heavy atom. The summed E-state index contributed by atoms with van der Waals surface area (Å²) in [5, 5.41) is 5.72. The van der Waals surface area contributed by atoms with Gasteiger partial charge in [0.15, 0.2) is 11.5 Å². The lowest BCUT2D eigenvalue weighted by molar-refractivity contribution is -0.122. The number of methoxy groups -OCH3 is 1. The van der Waals surface area contributed by atoms with Crippen molar-refractivity contribution < 1.29 is 19.1 Å². The zero-order chi connectivity index (χ0) is 21.6. The third kappa shape index (κ3) is 5.39. The van der Waals surface area contributed by atoms with Crippen LogP contribution >= 0.6 is 0 Å². The topological polar surface area (TPSA) is 89.5 Å². The third-order valence-corrected chi connectivity index (χ3v) is 4.91. The second-order valence-electron chi connectivity index (χ2n) is 7.28. The number of para-hydroxylation sites is 2. The summed E-state index contributed by atoms with van der Waals surface area (Å²) in [7, 11) is 1.57. The normalized spacial score (nSPS) is 12.7. The van der Waals surface area contributed by atoms with Gasteiger partial charge in [-0.05, 0) is 48.7 Å². The molecule has 158 valence electrons. The summed E-state index contributed by atoms with van der Waals surface area (Å²) >= 11 is 0. The second kappa shape index (κ2) is 9.30. The first-order valence-corrected chi connectivity index (χ1v) is 10.1. The van der Waals surface area contributed by atoms with Crippen molar-refractivity contribution in [2.75, 3.05) is 12.4 Å². The molecule has 2 N–H and O–H groups in total. The molecule has 7 nitrogen and oxygen atoms in total. The lowest BCUT2D eigenvalue weighted by Crippen LogP contribution is -2.24. The van der Waals surface area contributed by atoms with Gasteiger partial charge in [0.1, 0.15) is 0 Å². The predicted octanol–water partition coefficient (Wildman–Crippen LogP) is 4.16. The SMILES string of the molecule is COc1ccccc1Oc1ccc(NC(=O)c2ccc(CNC(=O)C3CC3)cc2)cn1. The van der Waals surface area contributed by atoms with Crippen molar-refractivity contribution in [2.24, 2.45) is 5.92 Å². The first kappa shape index (κ1) is 20.4. The Labute approximate surface area is 180 Å². The van der Waals surface area contributed by atoms with Crippen molar-refractivity contribution in [1.29, 1.82) is 0 Å². The number of hydrogen-bond donors (Lipinski definition) is 2. The van der Waals surface area contributed by atoms with Crippen molar-refractivity contribution in [3.05, 3.63) is 78.0 Å². The van der Waals surface area contributed by atoms with E-state index in [4.69, 9.17) is 9.47 Å². The van der Waals surface area contributed by atoms with Gasteiger partial charge in [-0.2, -0.15) is 0 Å². The first-order chi connectivity index (χ1) is 15.1. The molecule has 0 atom stereocenters. The molecule has 1 aliphatic carbocycles. The van der Waals surface area contributed by atoms with Crippen LogP contribution in [0.3, 0.4) is 0 Å². The Hall–Kier alpha value is -3.87. The number of carbonyl (C=O) groups is 2. The maximum atomic E-state index is 12.5. The van der Waals surface area contributed by atoms with Gasteiger partial charge in [-0.1, -0.05) is 24.3 Å². The van der Waals surface area contributed by atoms with E-state index in [1.165, 1.54) is 6.20 Å². The minimum Gasteiger partial charge on any atom is -0.493 e. The molecule has 0 unspecified atom stereocenters. The van der Waals surface area contributed by atoms with Gasteiger partial charge in [0.2, 0.25) is 11.8 Å². The molecule has 1 aliphatic rings. The minimum atomic E-state index is -0.242. The fraction of sp³-hybridized carbons (Fsp3) is 0.208. The predicted molar refractivity (Wildman–Crippen MR) is 116 cm³/mol. The van der Waals surface area contributed by atoms with Crippen LogP contribution in [-0.4, -0.2) is 23.9 Å².